The molecule has 0 amide bonds. The predicted octanol–water partition coefficient (Wildman–Crippen LogP) is 0.724. The first-order chi connectivity index (χ1) is 15.5. The summed E-state index contributed by atoms with van der Waals surface area (Å²) in [5, 5.41) is 0. The molecule has 1 saturated heterocycles. The molecule has 0 spiro atoms. The highest BCUT2D eigenvalue weighted by Gasteiger charge is 2.55. The van der Waals surface area contributed by atoms with Gasteiger partial charge in [-0.3, -0.25) is 28.7 Å². The topological polar surface area (TPSA) is 152 Å². The van der Waals surface area contributed by atoms with Crippen LogP contribution in [-0.2, 0) is 49.3 Å². The number of nitrogens with zero attached hydrogens (tertiary/aromatic N) is 1. The van der Waals surface area contributed by atoms with Gasteiger partial charge >= 0.3 is 23.9 Å². The second-order valence-corrected chi connectivity index (χ2v) is 7.63. The number of carbonyl (C=O) groups is 4. The predicted molar refractivity (Wildman–Crippen MR) is 112 cm³/mol. The average molecular weight is 486 g/mol. The minimum absolute atomic E-state index is 0.0794. The number of hydrogen-bond donors (Lipinski definition) is 1. The second-order valence-electron chi connectivity index (χ2n) is 7.24. The number of H-pyrrole nitrogens is 1. The van der Waals surface area contributed by atoms with Crippen LogP contribution in [0, 0.1) is 4.77 Å². The van der Waals surface area contributed by atoms with Crippen molar-refractivity contribution in [1.29, 1.82) is 0 Å². The van der Waals surface area contributed by atoms with Crippen molar-refractivity contribution in [2.45, 2.75) is 71.2 Å². The lowest BCUT2D eigenvalue weighted by atomic mass is 9.96. The molecule has 0 radical (unpaired) electrons. The van der Waals surface area contributed by atoms with E-state index in [0.717, 1.165) is 27.9 Å². The first-order valence-corrected chi connectivity index (χ1v) is 10.5. The second kappa shape index (κ2) is 11.2. The van der Waals surface area contributed by atoms with Crippen LogP contribution in [-0.4, -0.2) is 65.0 Å². The lowest BCUT2D eigenvalue weighted by molar-refractivity contribution is -0.264. The zero-order valence-electron chi connectivity index (χ0n) is 18.8. The van der Waals surface area contributed by atoms with Gasteiger partial charge in [-0.25, -0.2) is 4.79 Å². The number of nitrogens with one attached hydrogen (secondary N) is 1. The molecule has 33 heavy (non-hydrogen) atoms. The standard InChI is InChI=1S/C20H26N2O10S/c1-6-7-12-8-13(26)21-20(33)22(12)18-16(31-11(4)25)14(29-9(2)23)15(30-10(3)24)17(32-18)19(27)28-5/h8,14-18H,6-7H2,1-5H3,(H,21,26,33)/t14-,15-,16+,17-,18+/m0/s1. The number of aryl methyl sites for hydroxylation is 1. The van der Waals surface area contributed by atoms with Crippen molar-refractivity contribution in [2.24, 2.45) is 0 Å². The summed E-state index contributed by atoms with van der Waals surface area (Å²) in [4.78, 5) is 62.7. The van der Waals surface area contributed by atoms with E-state index in [-0.39, 0.29) is 4.77 Å². The summed E-state index contributed by atoms with van der Waals surface area (Å²) in [5.74, 6) is -3.30. The molecule has 12 nitrogen and oxygen atoms in total. The van der Waals surface area contributed by atoms with Crippen molar-refractivity contribution in [2.75, 3.05) is 7.11 Å². The van der Waals surface area contributed by atoms with E-state index in [0.29, 0.717) is 18.5 Å². The molecule has 1 aromatic rings. The van der Waals surface area contributed by atoms with Gasteiger partial charge in [0.1, 0.15) is 0 Å². The van der Waals surface area contributed by atoms with Crippen LogP contribution in [0.4, 0.5) is 0 Å². The molecule has 1 N–H and O–H groups in total. The van der Waals surface area contributed by atoms with Crippen molar-refractivity contribution >= 4 is 36.1 Å². The number of methoxy groups -OCH3 is 1. The average Bonchev–Trinajstić information content (AvgIpc) is 2.69. The van der Waals surface area contributed by atoms with Crippen LogP contribution >= 0.6 is 12.2 Å². The minimum atomic E-state index is -1.57. The third kappa shape index (κ3) is 6.26. The van der Waals surface area contributed by atoms with Gasteiger partial charge in [0.25, 0.3) is 5.56 Å². The summed E-state index contributed by atoms with van der Waals surface area (Å²) in [6.07, 6.45) is -6.25. The number of carbonyl (C=O) groups excluding carboxylic acids is 4. The van der Waals surface area contributed by atoms with Gasteiger partial charge < -0.3 is 23.7 Å². The fourth-order valence-corrected chi connectivity index (χ4v) is 3.91. The zero-order valence-corrected chi connectivity index (χ0v) is 19.6. The number of hydrogen-bond acceptors (Lipinski definition) is 11. The number of ether oxygens (including phenoxy) is 5. The van der Waals surface area contributed by atoms with E-state index in [1.807, 2.05) is 6.92 Å². The summed E-state index contributed by atoms with van der Waals surface area (Å²) in [7, 11) is 1.10. The van der Waals surface area contributed by atoms with E-state index < -0.39 is 60.1 Å². The van der Waals surface area contributed by atoms with Crippen molar-refractivity contribution in [1.82, 2.24) is 9.55 Å². The van der Waals surface area contributed by atoms with Crippen LogP contribution in [0.5, 0.6) is 0 Å². The van der Waals surface area contributed by atoms with Crippen molar-refractivity contribution in [3.8, 4) is 0 Å². The van der Waals surface area contributed by atoms with Crippen LogP contribution < -0.4 is 5.56 Å². The Morgan fingerprint density at radius 2 is 1.58 bits per heavy atom. The Hall–Kier alpha value is -3.06. The Morgan fingerprint density at radius 1 is 1.03 bits per heavy atom. The fourth-order valence-electron chi connectivity index (χ4n) is 3.58. The smallest absolute Gasteiger partial charge is 0.339 e. The molecule has 182 valence electrons. The van der Waals surface area contributed by atoms with Crippen LogP contribution in [0.25, 0.3) is 0 Å². The highest BCUT2D eigenvalue weighted by molar-refractivity contribution is 7.71. The summed E-state index contributed by atoms with van der Waals surface area (Å²) < 4.78 is 28.0. The maximum absolute atomic E-state index is 12.6. The lowest BCUT2D eigenvalue weighted by Gasteiger charge is -2.44. The van der Waals surface area contributed by atoms with E-state index in [9.17, 15) is 24.0 Å². The molecule has 2 rings (SSSR count). The molecule has 5 atom stereocenters. The Morgan fingerprint density at radius 3 is 2.09 bits per heavy atom. The van der Waals surface area contributed by atoms with Gasteiger partial charge in [-0.2, -0.15) is 0 Å². The molecule has 1 aromatic heterocycles. The highest BCUT2D eigenvalue weighted by Crippen LogP contribution is 2.35. The summed E-state index contributed by atoms with van der Waals surface area (Å²) in [5.41, 5.74) is -0.0390. The van der Waals surface area contributed by atoms with E-state index in [1.165, 1.54) is 10.6 Å². The van der Waals surface area contributed by atoms with Gasteiger partial charge in [0.2, 0.25) is 0 Å². The number of aromatic nitrogens is 2. The molecule has 1 aliphatic rings. The molecule has 13 heteroatoms. The molecule has 0 unspecified atom stereocenters. The maximum atomic E-state index is 12.6. The first-order valence-electron chi connectivity index (χ1n) is 10.1. The molecule has 0 aliphatic carbocycles. The summed E-state index contributed by atoms with van der Waals surface area (Å²) in [6.45, 7) is 5.18. The van der Waals surface area contributed by atoms with Crippen molar-refractivity contribution < 1.29 is 42.9 Å². The van der Waals surface area contributed by atoms with Crippen LogP contribution in [0.1, 0.15) is 46.0 Å². The molecule has 1 fully saturated rings. The molecule has 0 bridgehead atoms. The van der Waals surface area contributed by atoms with Crippen LogP contribution in [0.15, 0.2) is 10.9 Å². The zero-order chi connectivity index (χ0) is 24.9. The third-order valence-corrected chi connectivity index (χ3v) is 4.97. The summed E-state index contributed by atoms with van der Waals surface area (Å²) in [6, 6.07) is 1.29. The Labute approximate surface area is 194 Å². The van der Waals surface area contributed by atoms with Crippen LogP contribution in [0.2, 0.25) is 0 Å². The third-order valence-electron chi connectivity index (χ3n) is 4.67. The lowest BCUT2D eigenvalue weighted by Crippen LogP contribution is -2.61. The van der Waals surface area contributed by atoms with E-state index >= 15 is 0 Å². The number of aromatic amines is 1. The molecule has 2 heterocycles. The van der Waals surface area contributed by atoms with Gasteiger partial charge in [-0.15, -0.1) is 0 Å². The Kier molecular flexibility index (Phi) is 8.88. The molecular formula is C20H26N2O10S. The van der Waals surface area contributed by atoms with Gasteiger partial charge in [-0.1, -0.05) is 13.3 Å². The van der Waals surface area contributed by atoms with Gasteiger partial charge in [0, 0.05) is 32.5 Å². The molecule has 1 aliphatic heterocycles. The number of esters is 4. The summed E-state index contributed by atoms with van der Waals surface area (Å²) >= 11 is 5.32. The normalized spacial score (nSPS) is 24.5. The Bertz CT molecular complexity index is 1030. The monoisotopic (exact) mass is 486 g/mol. The van der Waals surface area contributed by atoms with E-state index in [4.69, 9.17) is 35.9 Å². The van der Waals surface area contributed by atoms with Gasteiger partial charge in [0.15, 0.2) is 35.4 Å². The van der Waals surface area contributed by atoms with Gasteiger partial charge in [-0.05, 0) is 18.6 Å². The van der Waals surface area contributed by atoms with Gasteiger partial charge in [0.05, 0.1) is 7.11 Å². The fraction of sp³-hybridized carbons (Fsp3) is 0.600. The maximum Gasteiger partial charge on any atom is 0.339 e. The van der Waals surface area contributed by atoms with Crippen LogP contribution in [0.3, 0.4) is 0 Å². The Balaban J connectivity index is 2.77. The molecule has 0 saturated carbocycles. The minimum Gasteiger partial charge on any atom is -0.467 e. The van der Waals surface area contributed by atoms with E-state index in [2.05, 4.69) is 4.98 Å². The highest BCUT2D eigenvalue weighted by atomic mass is 32.1. The first kappa shape index (κ1) is 26.2. The van der Waals surface area contributed by atoms with Crippen molar-refractivity contribution in [3.63, 3.8) is 0 Å². The molecular weight excluding hydrogens is 460 g/mol. The van der Waals surface area contributed by atoms with E-state index in [1.54, 1.807) is 0 Å². The number of rotatable bonds is 7. The quantitative estimate of drug-likeness (QED) is 0.330. The van der Waals surface area contributed by atoms with Crippen molar-refractivity contribution in [3.05, 3.63) is 26.9 Å². The molecule has 0 aromatic carbocycles. The largest absolute Gasteiger partial charge is 0.467 e. The SMILES string of the molecule is CCCc1cc(=O)[nH]c(=S)n1[C@@H]1O[C@H](C(=O)OC)[C@@H](OC(C)=O)[C@H](OC(C)=O)[C@H]1OC(C)=O.